The standard InChI is InChI=1S/C10H17N/c1-6-7-9(4)10(5)11-8(2)3/h6-7,10H,1H2,2-5H3/b9-7+/t10-/m1/s1. The van der Waals surface area contributed by atoms with Crippen LogP contribution in [0.15, 0.2) is 29.3 Å². The highest BCUT2D eigenvalue weighted by atomic mass is 14.8. The first-order valence-electron chi connectivity index (χ1n) is 3.88. The van der Waals surface area contributed by atoms with Crippen molar-refractivity contribution >= 4 is 5.71 Å². The Morgan fingerprint density at radius 2 is 1.91 bits per heavy atom. The van der Waals surface area contributed by atoms with Crippen molar-refractivity contribution < 1.29 is 0 Å². The molecule has 0 aliphatic carbocycles. The molecule has 1 atom stereocenters. The lowest BCUT2D eigenvalue weighted by molar-refractivity contribution is 0.860. The van der Waals surface area contributed by atoms with Crippen molar-refractivity contribution in [3.05, 3.63) is 24.3 Å². The molecule has 0 rings (SSSR count). The van der Waals surface area contributed by atoms with Crippen LogP contribution in [0.2, 0.25) is 0 Å². The van der Waals surface area contributed by atoms with Crippen molar-refractivity contribution in [1.82, 2.24) is 0 Å². The minimum Gasteiger partial charge on any atom is -0.287 e. The molecule has 0 aromatic rings. The predicted molar refractivity (Wildman–Crippen MR) is 52.2 cm³/mol. The molecule has 0 amide bonds. The van der Waals surface area contributed by atoms with E-state index in [4.69, 9.17) is 0 Å². The summed E-state index contributed by atoms with van der Waals surface area (Å²) in [6.07, 6.45) is 3.80. The van der Waals surface area contributed by atoms with Gasteiger partial charge in [-0.3, -0.25) is 4.99 Å². The van der Waals surface area contributed by atoms with Crippen molar-refractivity contribution in [2.45, 2.75) is 33.7 Å². The first kappa shape index (κ1) is 10.2. The molecule has 0 spiro atoms. The van der Waals surface area contributed by atoms with E-state index in [1.54, 1.807) is 6.08 Å². The Bertz CT molecular complexity index is 183. The Morgan fingerprint density at radius 1 is 1.36 bits per heavy atom. The minimum absolute atomic E-state index is 0.290. The van der Waals surface area contributed by atoms with E-state index in [1.165, 1.54) is 5.57 Å². The van der Waals surface area contributed by atoms with Gasteiger partial charge in [0.1, 0.15) is 0 Å². The summed E-state index contributed by atoms with van der Waals surface area (Å²) in [6, 6.07) is 0.290. The van der Waals surface area contributed by atoms with E-state index in [0.29, 0.717) is 0 Å². The van der Waals surface area contributed by atoms with Crippen LogP contribution in [0, 0.1) is 0 Å². The summed E-state index contributed by atoms with van der Waals surface area (Å²) in [6.45, 7) is 11.8. The summed E-state index contributed by atoms with van der Waals surface area (Å²) in [4.78, 5) is 4.40. The highest BCUT2D eigenvalue weighted by molar-refractivity contribution is 5.79. The fourth-order valence-corrected chi connectivity index (χ4v) is 0.814. The summed E-state index contributed by atoms with van der Waals surface area (Å²) < 4.78 is 0. The maximum atomic E-state index is 4.40. The van der Waals surface area contributed by atoms with E-state index >= 15 is 0 Å². The minimum atomic E-state index is 0.290. The normalized spacial score (nSPS) is 14.0. The fraction of sp³-hybridized carbons (Fsp3) is 0.500. The Hall–Kier alpha value is -0.850. The largest absolute Gasteiger partial charge is 0.287 e. The molecule has 0 bridgehead atoms. The van der Waals surface area contributed by atoms with Gasteiger partial charge in [0.05, 0.1) is 6.04 Å². The molecule has 0 heterocycles. The van der Waals surface area contributed by atoms with Gasteiger partial charge in [-0.2, -0.15) is 0 Å². The van der Waals surface area contributed by atoms with Crippen LogP contribution in [-0.2, 0) is 0 Å². The predicted octanol–water partition coefficient (Wildman–Crippen LogP) is 2.99. The average Bonchev–Trinajstić information content (AvgIpc) is 1.86. The first-order chi connectivity index (χ1) is 5.07. The third-order valence-corrected chi connectivity index (χ3v) is 1.49. The zero-order valence-electron chi connectivity index (χ0n) is 7.89. The number of aliphatic imine (C=N–C) groups is 1. The third-order valence-electron chi connectivity index (χ3n) is 1.49. The first-order valence-corrected chi connectivity index (χ1v) is 3.88. The maximum absolute atomic E-state index is 4.40. The smallest absolute Gasteiger partial charge is 0.0680 e. The number of hydrogen-bond donors (Lipinski definition) is 0. The van der Waals surface area contributed by atoms with Crippen molar-refractivity contribution in [3.8, 4) is 0 Å². The SMILES string of the molecule is C=C/C=C(\C)[C@@H](C)N=C(C)C. The van der Waals surface area contributed by atoms with Crippen molar-refractivity contribution in [2.75, 3.05) is 0 Å². The van der Waals surface area contributed by atoms with Gasteiger partial charge in [0.25, 0.3) is 0 Å². The second-order valence-corrected chi connectivity index (χ2v) is 2.90. The summed E-state index contributed by atoms with van der Waals surface area (Å²) in [5, 5.41) is 0. The summed E-state index contributed by atoms with van der Waals surface area (Å²) >= 11 is 0. The lowest BCUT2D eigenvalue weighted by Gasteiger charge is -2.06. The number of allylic oxidation sites excluding steroid dienone is 2. The average molecular weight is 151 g/mol. The number of hydrogen-bond acceptors (Lipinski definition) is 1. The van der Waals surface area contributed by atoms with E-state index < -0.39 is 0 Å². The Kier molecular flexibility index (Phi) is 4.51. The second-order valence-electron chi connectivity index (χ2n) is 2.90. The summed E-state index contributed by atoms with van der Waals surface area (Å²) in [5.41, 5.74) is 2.37. The zero-order valence-corrected chi connectivity index (χ0v) is 7.89. The Morgan fingerprint density at radius 3 is 2.27 bits per heavy atom. The van der Waals surface area contributed by atoms with Crippen LogP contribution in [0.25, 0.3) is 0 Å². The van der Waals surface area contributed by atoms with Crippen molar-refractivity contribution in [3.63, 3.8) is 0 Å². The fourth-order valence-electron chi connectivity index (χ4n) is 0.814. The Balaban J connectivity index is 4.25. The zero-order chi connectivity index (χ0) is 8.85. The number of rotatable bonds is 3. The molecular weight excluding hydrogens is 134 g/mol. The molecule has 62 valence electrons. The van der Waals surface area contributed by atoms with E-state index in [2.05, 4.69) is 25.4 Å². The molecule has 0 unspecified atom stereocenters. The monoisotopic (exact) mass is 151 g/mol. The highest BCUT2D eigenvalue weighted by Gasteiger charge is 1.98. The number of nitrogens with zero attached hydrogens (tertiary/aromatic N) is 1. The van der Waals surface area contributed by atoms with Gasteiger partial charge in [-0.15, -0.1) is 0 Å². The van der Waals surface area contributed by atoms with Gasteiger partial charge in [0.2, 0.25) is 0 Å². The van der Waals surface area contributed by atoms with Crippen LogP contribution < -0.4 is 0 Å². The van der Waals surface area contributed by atoms with E-state index in [1.807, 2.05) is 19.9 Å². The summed E-state index contributed by atoms with van der Waals surface area (Å²) in [7, 11) is 0. The molecule has 1 nitrogen and oxygen atoms in total. The molecule has 0 aromatic heterocycles. The van der Waals surface area contributed by atoms with E-state index in [9.17, 15) is 0 Å². The molecule has 0 saturated carbocycles. The molecular formula is C10H17N. The van der Waals surface area contributed by atoms with Crippen LogP contribution in [0.4, 0.5) is 0 Å². The second kappa shape index (κ2) is 4.89. The van der Waals surface area contributed by atoms with Crippen molar-refractivity contribution in [1.29, 1.82) is 0 Å². The van der Waals surface area contributed by atoms with Crippen LogP contribution in [0.5, 0.6) is 0 Å². The highest BCUT2D eigenvalue weighted by Crippen LogP contribution is 2.05. The van der Waals surface area contributed by atoms with Crippen LogP contribution in [-0.4, -0.2) is 11.8 Å². The van der Waals surface area contributed by atoms with Crippen LogP contribution >= 0.6 is 0 Å². The van der Waals surface area contributed by atoms with Gasteiger partial charge in [0, 0.05) is 5.71 Å². The maximum Gasteiger partial charge on any atom is 0.0680 e. The topological polar surface area (TPSA) is 12.4 Å². The van der Waals surface area contributed by atoms with E-state index in [-0.39, 0.29) is 6.04 Å². The molecule has 1 heteroatoms. The van der Waals surface area contributed by atoms with Gasteiger partial charge in [-0.05, 0) is 33.3 Å². The summed E-state index contributed by atoms with van der Waals surface area (Å²) in [5.74, 6) is 0. The molecule has 0 N–H and O–H groups in total. The van der Waals surface area contributed by atoms with E-state index in [0.717, 1.165) is 5.71 Å². The lowest BCUT2D eigenvalue weighted by atomic mass is 10.1. The molecule has 0 radical (unpaired) electrons. The van der Waals surface area contributed by atoms with Crippen molar-refractivity contribution in [2.24, 2.45) is 4.99 Å². The molecule has 11 heavy (non-hydrogen) atoms. The quantitative estimate of drug-likeness (QED) is 0.434. The molecule has 0 aromatic carbocycles. The van der Waals surface area contributed by atoms with Gasteiger partial charge < -0.3 is 0 Å². The van der Waals surface area contributed by atoms with Gasteiger partial charge >= 0.3 is 0 Å². The molecule has 0 aliphatic rings. The van der Waals surface area contributed by atoms with Crippen LogP contribution in [0.1, 0.15) is 27.7 Å². The Labute approximate surface area is 69.5 Å². The van der Waals surface area contributed by atoms with Gasteiger partial charge in [-0.25, -0.2) is 0 Å². The van der Waals surface area contributed by atoms with Gasteiger partial charge in [0.15, 0.2) is 0 Å². The third kappa shape index (κ3) is 4.54. The van der Waals surface area contributed by atoms with Gasteiger partial charge in [-0.1, -0.05) is 18.7 Å². The molecule has 0 saturated heterocycles. The lowest BCUT2D eigenvalue weighted by Crippen LogP contribution is -2.01. The molecule has 0 aliphatic heterocycles. The molecule has 0 fully saturated rings. The van der Waals surface area contributed by atoms with Crippen LogP contribution in [0.3, 0.4) is 0 Å².